The van der Waals surface area contributed by atoms with Crippen LogP contribution in [0.4, 0.5) is 15.0 Å². The highest BCUT2D eigenvalue weighted by molar-refractivity contribution is 5.98. The van der Waals surface area contributed by atoms with Crippen molar-refractivity contribution in [1.29, 1.82) is 0 Å². The third-order valence-corrected chi connectivity index (χ3v) is 10.6. The SMILES string of the molecule is COc1cccc(Oc2ccc(-c3nn(C4CCC(N5CCN(C6CN(C(=O)O)C6C(C)(C)C)CC5)CC4)c4ncnc(N)c34)cc2)c1F. The molecule has 3 N–H and O–H groups in total. The number of ether oxygens (including phenoxy) is 2. The molecule has 49 heavy (non-hydrogen) atoms. The van der Waals surface area contributed by atoms with Gasteiger partial charge in [-0.3, -0.25) is 9.80 Å². The second-order valence-corrected chi connectivity index (χ2v) is 14.5. The van der Waals surface area contributed by atoms with Crippen LogP contribution in [0.1, 0.15) is 52.5 Å². The van der Waals surface area contributed by atoms with E-state index < -0.39 is 11.9 Å². The van der Waals surface area contributed by atoms with Crippen LogP contribution in [-0.2, 0) is 0 Å². The average molecular weight is 673 g/mol. The first-order valence-corrected chi connectivity index (χ1v) is 17.1. The lowest BCUT2D eigenvalue weighted by Gasteiger charge is -2.57. The lowest BCUT2D eigenvalue weighted by molar-refractivity contribution is -0.0790. The molecule has 0 radical (unpaired) electrons. The maximum Gasteiger partial charge on any atom is 0.407 e. The largest absolute Gasteiger partial charge is 0.494 e. The minimum atomic E-state index is -0.816. The molecule has 12 nitrogen and oxygen atoms in total. The van der Waals surface area contributed by atoms with Crippen molar-refractivity contribution in [2.45, 2.75) is 70.6 Å². The number of likely N-dealkylation sites (tertiary alicyclic amines) is 1. The van der Waals surface area contributed by atoms with Gasteiger partial charge in [0.1, 0.15) is 23.6 Å². The van der Waals surface area contributed by atoms with Crippen LogP contribution >= 0.6 is 0 Å². The Morgan fingerprint density at radius 3 is 2.24 bits per heavy atom. The summed E-state index contributed by atoms with van der Waals surface area (Å²) in [5.74, 6) is 0.497. The van der Waals surface area contributed by atoms with Gasteiger partial charge in [-0.1, -0.05) is 26.8 Å². The number of nitrogens with zero attached hydrogens (tertiary/aromatic N) is 7. The summed E-state index contributed by atoms with van der Waals surface area (Å²) in [6.45, 7) is 10.9. The van der Waals surface area contributed by atoms with Crippen LogP contribution in [-0.4, -0.2) is 104 Å². The van der Waals surface area contributed by atoms with Gasteiger partial charge in [-0.25, -0.2) is 19.4 Å². The standard InChI is InChI=1S/C36H45FN8O4/c1-36(2,3)32-26(20-44(32)35(46)47)43-18-16-42(17-19-43)23-10-12-24(13-11-23)45-34-29(33(38)39-21-40-34)31(41-45)22-8-14-25(15-9-22)49-28-7-5-6-27(48-4)30(28)37/h5-9,14-15,21,23-24,26,32H,10-13,16-20H2,1-4H3,(H,46,47)(H2,38,39,40). The summed E-state index contributed by atoms with van der Waals surface area (Å²) < 4.78 is 27.6. The number of hydrogen-bond donors (Lipinski definition) is 2. The van der Waals surface area contributed by atoms with Gasteiger partial charge in [0.05, 0.1) is 24.6 Å². The van der Waals surface area contributed by atoms with Crippen molar-refractivity contribution >= 4 is 22.9 Å². The number of fused-ring (bicyclic) bond motifs is 1. The van der Waals surface area contributed by atoms with Crippen LogP contribution in [0.3, 0.4) is 0 Å². The molecule has 1 aliphatic carbocycles. The van der Waals surface area contributed by atoms with Crippen molar-refractivity contribution < 1.29 is 23.8 Å². The number of anilines is 1. The number of halogens is 1. The Bertz CT molecular complexity index is 1810. The first kappa shape index (κ1) is 33.0. The highest BCUT2D eigenvalue weighted by Crippen LogP contribution is 2.40. The molecule has 2 saturated heterocycles. The van der Waals surface area contributed by atoms with E-state index in [1.807, 2.05) is 16.8 Å². The zero-order valence-corrected chi connectivity index (χ0v) is 28.5. The number of rotatable bonds is 7. The highest BCUT2D eigenvalue weighted by atomic mass is 19.1. The van der Waals surface area contributed by atoms with E-state index in [1.54, 1.807) is 35.2 Å². The van der Waals surface area contributed by atoms with E-state index in [0.29, 0.717) is 29.8 Å². The van der Waals surface area contributed by atoms with E-state index in [4.69, 9.17) is 20.3 Å². The summed E-state index contributed by atoms with van der Waals surface area (Å²) >= 11 is 0. The Labute approximate surface area is 285 Å². The molecular weight excluding hydrogens is 627 g/mol. The molecule has 2 atom stereocenters. The lowest BCUT2D eigenvalue weighted by atomic mass is 9.75. The van der Waals surface area contributed by atoms with Crippen molar-refractivity contribution in [3.05, 3.63) is 54.6 Å². The van der Waals surface area contributed by atoms with Gasteiger partial charge >= 0.3 is 6.09 Å². The van der Waals surface area contributed by atoms with E-state index >= 15 is 0 Å². The number of piperazine rings is 1. The quantitative estimate of drug-likeness (QED) is 0.245. The van der Waals surface area contributed by atoms with E-state index in [1.165, 1.54) is 13.4 Å². The van der Waals surface area contributed by atoms with Gasteiger partial charge in [0.2, 0.25) is 5.82 Å². The number of hydrogen-bond acceptors (Lipinski definition) is 9. The number of aromatic nitrogens is 4. The number of methoxy groups -OCH3 is 1. The molecule has 2 aliphatic heterocycles. The molecule has 1 saturated carbocycles. The summed E-state index contributed by atoms with van der Waals surface area (Å²) in [4.78, 5) is 27.4. The fraction of sp³-hybridized carbons (Fsp3) is 0.500. The molecule has 7 rings (SSSR count). The number of carboxylic acid groups (broad SMARTS) is 1. The van der Waals surface area contributed by atoms with E-state index in [2.05, 4.69) is 40.5 Å². The van der Waals surface area contributed by atoms with Crippen LogP contribution in [0.15, 0.2) is 48.8 Å². The molecular formula is C36H45FN8O4. The minimum Gasteiger partial charge on any atom is -0.494 e. The van der Waals surface area contributed by atoms with Gasteiger partial charge < -0.3 is 25.2 Å². The van der Waals surface area contributed by atoms with Gasteiger partial charge in [-0.05, 0) is 67.5 Å². The van der Waals surface area contributed by atoms with Gasteiger partial charge in [-0.2, -0.15) is 9.49 Å². The highest BCUT2D eigenvalue weighted by Gasteiger charge is 2.51. The number of amides is 1. The number of carbonyl (C=O) groups is 1. The average Bonchev–Trinajstić information content (AvgIpc) is 3.46. The molecule has 4 heterocycles. The fourth-order valence-electron chi connectivity index (χ4n) is 8.13. The Hall–Kier alpha value is -4.49. The van der Waals surface area contributed by atoms with Gasteiger partial charge in [-0.15, -0.1) is 0 Å². The van der Waals surface area contributed by atoms with Gasteiger partial charge in [0.25, 0.3) is 0 Å². The lowest BCUT2D eigenvalue weighted by Crippen LogP contribution is -2.73. The number of benzene rings is 2. The van der Waals surface area contributed by atoms with E-state index in [-0.39, 0.29) is 35.0 Å². The number of nitrogens with two attached hydrogens (primary N) is 1. The molecule has 3 aliphatic rings. The van der Waals surface area contributed by atoms with Crippen LogP contribution < -0.4 is 15.2 Å². The predicted octanol–water partition coefficient (Wildman–Crippen LogP) is 5.89. The first-order valence-electron chi connectivity index (χ1n) is 17.1. The third-order valence-electron chi connectivity index (χ3n) is 10.6. The molecule has 0 bridgehead atoms. The van der Waals surface area contributed by atoms with Crippen molar-refractivity contribution in [2.75, 3.05) is 45.6 Å². The minimum absolute atomic E-state index is 0.0216. The summed E-state index contributed by atoms with van der Waals surface area (Å²) in [6, 6.07) is 13.1. The summed E-state index contributed by atoms with van der Waals surface area (Å²) in [7, 11) is 1.42. The van der Waals surface area contributed by atoms with Crippen LogP contribution in [0.25, 0.3) is 22.3 Å². The topological polar surface area (TPSA) is 135 Å². The normalized spacial score (nSPS) is 23.7. The predicted molar refractivity (Wildman–Crippen MR) is 184 cm³/mol. The molecule has 2 unspecified atom stereocenters. The van der Waals surface area contributed by atoms with E-state index in [0.717, 1.165) is 68.5 Å². The Morgan fingerprint density at radius 1 is 0.939 bits per heavy atom. The first-order chi connectivity index (χ1) is 23.5. The van der Waals surface area contributed by atoms with Crippen LogP contribution in [0.2, 0.25) is 0 Å². The molecule has 4 aromatic rings. The van der Waals surface area contributed by atoms with Gasteiger partial charge in [0, 0.05) is 50.4 Å². The molecule has 260 valence electrons. The molecule has 2 aromatic carbocycles. The van der Waals surface area contributed by atoms with Crippen LogP contribution in [0.5, 0.6) is 17.2 Å². The second-order valence-electron chi connectivity index (χ2n) is 14.5. The Morgan fingerprint density at radius 2 is 1.59 bits per heavy atom. The molecule has 0 spiro atoms. The smallest absolute Gasteiger partial charge is 0.407 e. The molecule has 13 heteroatoms. The Balaban J connectivity index is 1.01. The van der Waals surface area contributed by atoms with Crippen molar-refractivity contribution in [2.24, 2.45) is 5.41 Å². The maximum absolute atomic E-state index is 14.7. The fourth-order valence-corrected chi connectivity index (χ4v) is 8.13. The summed E-state index contributed by atoms with van der Waals surface area (Å²) in [5, 5.41) is 15.5. The molecule has 1 amide bonds. The second kappa shape index (κ2) is 13.1. The maximum atomic E-state index is 14.7. The van der Waals surface area contributed by atoms with Crippen LogP contribution in [0, 0.1) is 11.2 Å². The van der Waals surface area contributed by atoms with Gasteiger partial charge in [0.15, 0.2) is 17.1 Å². The summed E-state index contributed by atoms with van der Waals surface area (Å²) in [5.41, 5.74) is 8.58. The van der Waals surface area contributed by atoms with Crippen molar-refractivity contribution in [3.8, 4) is 28.5 Å². The number of nitrogen functional groups attached to an aromatic ring is 1. The zero-order chi connectivity index (χ0) is 34.4. The molecule has 2 aromatic heterocycles. The van der Waals surface area contributed by atoms with Crippen molar-refractivity contribution in [1.82, 2.24) is 34.4 Å². The monoisotopic (exact) mass is 672 g/mol. The van der Waals surface area contributed by atoms with E-state index in [9.17, 15) is 14.3 Å². The zero-order valence-electron chi connectivity index (χ0n) is 28.5. The Kier molecular flexibility index (Phi) is 8.82. The molecule has 3 fully saturated rings. The van der Waals surface area contributed by atoms with Crippen molar-refractivity contribution in [3.63, 3.8) is 0 Å². The third kappa shape index (κ3) is 6.25. The summed E-state index contributed by atoms with van der Waals surface area (Å²) in [6.07, 6.45) is 4.76.